The smallest absolute Gasteiger partial charge is 0.353 e. The van der Waals surface area contributed by atoms with Crippen LogP contribution < -0.4 is 8.37 Å². The Morgan fingerprint density at radius 3 is 0.925 bits per heavy atom. The Labute approximate surface area is 329 Å². The van der Waals surface area contributed by atoms with Crippen molar-refractivity contribution in [3.8, 4) is 11.5 Å². The van der Waals surface area contributed by atoms with E-state index in [9.17, 15) is 8.42 Å². The first-order valence-corrected chi connectivity index (χ1v) is 24.1. The highest BCUT2D eigenvalue weighted by Crippen LogP contribution is 2.32. The van der Waals surface area contributed by atoms with Crippen LogP contribution in [0.1, 0.15) is 230 Å². The average molecular weight is 755 g/mol. The molecule has 4 nitrogen and oxygen atoms in total. The van der Waals surface area contributed by atoms with E-state index in [1.807, 2.05) is 24.3 Å². The van der Waals surface area contributed by atoms with E-state index < -0.39 is 10.4 Å². The summed E-state index contributed by atoms with van der Waals surface area (Å²) in [5, 5.41) is 0. The Hall–Kier alpha value is -2.01. The van der Waals surface area contributed by atoms with Crippen molar-refractivity contribution in [3.63, 3.8) is 0 Å². The van der Waals surface area contributed by atoms with Gasteiger partial charge < -0.3 is 8.37 Å². The molecule has 304 valence electrons. The van der Waals surface area contributed by atoms with E-state index >= 15 is 0 Å². The molecule has 0 aliphatic heterocycles. The molecule has 0 atom stereocenters. The summed E-state index contributed by atoms with van der Waals surface area (Å²) in [6.45, 7) is 9.04. The van der Waals surface area contributed by atoms with Gasteiger partial charge in [0.15, 0.2) is 0 Å². The second-order valence-corrected chi connectivity index (χ2v) is 17.0. The van der Waals surface area contributed by atoms with Crippen LogP contribution in [0.2, 0.25) is 0 Å². The van der Waals surface area contributed by atoms with Crippen LogP contribution >= 0.6 is 0 Å². The minimum atomic E-state index is -4.33. The van der Waals surface area contributed by atoms with Gasteiger partial charge in [0.1, 0.15) is 11.5 Å². The molecule has 0 saturated carbocycles. The third-order valence-corrected chi connectivity index (χ3v) is 11.8. The van der Waals surface area contributed by atoms with E-state index in [0.717, 1.165) is 75.3 Å². The molecule has 0 aliphatic carbocycles. The molecule has 2 rings (SSSR count). The summed E-state index contributed by atoms with van der Waals surface area (Å²) in [6, 6.07) is 12.0. The zero-order valence-electron chi connectivity index (χ0n) is 35.1. The molecule has 0 unspecified atom stereocenters. The highest BCUT2D eigenvalue weighted by Gasteiger charge is 2.22. The van der Waals surface area contributed by atoms with Crippen LogP contribution in [-0.4, -0.2) is 8.42 Å². The van der Waals surface area contributed by atoms with E-state index in [-0.39, 0.29) is 0 Å². The fraction of sp³-hybridized carbons (Fsp3) is 0.750. The zero-order valence-corrected chi connectivity index (χ0v) is 35.9. The first-order valence-electron chi connectivity index (χ1n) is 22.8. The topological polar surface area (TPSA) is 52.6 Å². The zero-order chi connectivity index (χ0) is 38.2. The van der Waals surface area contributed by atoms with Crippen molar-refractivity contribution in [2.24, 2.45) is 0 Å². The summed E-state index contributed by atoms with van der Waals surface area (Å²) in [4.78, 5) is 0. The van der Waals surface area contributed by atoms with Gasteiger partial charge in [0.25, 0.3) is 0 Å². The van der Waals surface area contributed by atoms with Gasteiger partial charge in [0.2, 0.25) is 0 Å². The normalized spacial score (nSPS) is 11.7. The lowest BCUT2D eigenvalue weighted by molar-refractivity contribution is 0.388. The van der Waals surface area contributed by atoms with E-state index in [0.29, 0.717) is 11.5 Å². The quantitative estimate of drug-likeness (QED) is 0.0650. The van der Waals surface area contributed by atoms with Crippen LogP contribution in [0.4, 0.5) is 0 Å². The van der Waals surface area contributed by atoms with Crippen molar-refractivity contribution in [3.05, 3.63) is 58.7 Å². The molecule has 0 fully saturated rings. The van der Waals surface area contributed by atoms with E-state index in [4.69, 9.17) is 8.37 Å². The Balaban J connectivity index is 2.19. The molecule has 0 N–H and O–H groups in total. The summed E-state index contributed by atoms with van der Waals surface area (Å²) in [6.07, 6.45) is 38.4. The summed E-state index contributed by atoms with van der Waals surface area (Å²) in [5.41, 5.74) is 4.56. The van der Waals surface area contributed by atoms with Crippen LogP contribution in [0.5, 0.6) is 11.5 Å². The molecule has 0 saturated heterocycles. The summed E-state index contributed by atoms with van der Waals surface area (Å²) in [5.74, 6) is 0.897. The molecule has 0 radical (unpaired) electrons. The van der Waals surface area contributed by atoms with Gasteiger partial charge >= 0.3 is 10.4 Å². The summed E-state index contributed by atoms with van der Waals surface area (Å²) < 4.78 is 39.4. The van der Waals surface area contributed by atoms with Crippen LogP contribution in [0.25, 0.3) is 0 Å². The lowest BCUT2D eigenvalue weighted by atomic mass is 9.95. The van der Waals surface area contributed by atoms with Crippen molar-refractivity contribution in [2.75, 3.05) is 0 Å². The Morgan fingerprint density at radius 1 is 0.358 bits per heavy atom. The number of aryl methyl sites for hydroxylation is 2. The van der Waals surface area contributed by atoms with Crippen LogP contribution in [0, 0.1) is 0 Å². The monoisotopic (exact) mass is 755 g/mol. The maximum Gasteiger partial charge on any atom is 0.501 e. The largest absolute Gasteiger partial charge is 0.501 e. The van der Waals surface area contributed by atoms with Crippen molar-refractivity contribution in [1.82, 2.24) is 0 Å². The van der Waals surface area contributed by atoms with Gasteiger partial charge in [-0.2, -0.15) is 0 Å². The standard InChI is InChI=1S/C48H82O4S/c1-5-9-13-17-21-25-29-35-43-37-33-41-47(45(43)39-31-27-23-19-15-11-7-3)51-53(49,50)52-48-42-34-38-44(36-30-26-22-18-14-10-6-2)46(48)40-32-28-24-20-16-12-8-4/h33-34,37-38,41-42H,5-32,35-36,39-40H2,1-4H3. The Kier molecular flexibility index (Phi) is 27.8. The van der Waals surface area contributed by atoms with Gasteiger partial charge in [-0.15, -0.1) is 8.42 Å². The lowest BCUT2D eigenvalue weighted by Crippen LogP contribution is -2.19. The van der Waals surface area contributed by atoms with Crippen molar-refractivity contribution < 1.29 is 16.8 Å². The maximum absolute atomic E-state index is 13.8. The first-order chi connectivity index (χ1) is 26.0. The Bertz CT molecular complexity index is 1180. The number of benzene rings is 2. The molecule has 0 heterocycles. The van der Waals surface area contributed by atoms with Gasteiger partial charge in [0.05, 0.1) is 0 Å². The van der Waals surface area contributed by atoms with Gasteiger partial charge in [-0.1, -0.05) is 206 Å². The van der Waals surface area contributed by atoms with E-state index in [2.05, 4.69) is 39.8 Å². The molecule has 2 aromatic carbocycles. The van der Waals surface area contributed by atoms with Gasteiger partial charge in [-0.3, -0.25) is 0 Å². The van der Waals surface area contributed by atoms with Gasteiger partial charge in [-0.05, 0) is 85.8 Å². The van der Waals surface area contributed by atoms with Crippen LogP contribution in [-0.2, 0) is 36.1 Å². The second-order valence-electron chi connectivity index (χ2n) is 15.8. The minimum Gasteiger partial charge on any atom is -0.353 e. The molecular weight excluding hydrogens is 673 g/mol. The van der Waals surface area contributed by atoms with E-state index in [1.54, 1.807) is 0 Å². The molecule has 5 heteroatoms. The molecule has 2 aromatic rings. The predicted molar refractivity (Wildman–Crippen MR) is 230 cm³/mol. The van der Waals surface area contributed by atoms with Crippen molar-refractivity contribution in [1.29, 1.82) is 0 Å². The van der Waals surface area contributed by atoms with Crippen molar-refractivity contribution >= 4 is 10.4 Å². The fourth-order valence-corrected chi connectivity index (χ4v) is 8.50. The lowest BCUT2D eigenvalue weighted by Gasteiger charge is -2.18. The highest BCUT2D eigenvalue weighted by molar-refractivity contribution is 7.82. The van der Waals surface area contributed by atoms with Crippen molar-refractivity contribution in [2.45, 2.75) is 233 Å². The number of hydrogen-bond donors (Lipinski definition) is 0. The molecule has 53 heavy (non-hydrogen) atoms. The molecule has 0 spiro atoms. The van der Waals surface area contributed by atoms with E-state index in [1.165, 1.54) is 152 Å². The van der Waals surface area contributed by atoms with Crippen LogP contribution in [0.15, 0.2) is 36.4 Å². The highest BCUT2D eigenvalue weighted by atomic mass is 32.3. The number of hydrogen-bond acceptors (Lipinski definition) is 4. The summed E-state index contributed by atoms with van der Waals surface area (Å²) >= 11 is 0. The maximum atomic E-state index is 13.8. The molecule has 0 amide bonds. The van der Waals surface area contributed by atoms with Gasteiger partial charge in [-0.25, -0.2) is 0 Å². The Morgan fingerprint density at radius 2 is 0.623 bits per heavy atom. The molecular formula is C48H82O4S. The number of unbranched alkanes of at least 4 members (excludes halogenated alkanes) is 24. The van der Waals surface area contributed by atoms with Gasteiger partial charge in [0, 0.05) is 0 Å². The molecule has 0 aliphatic rings. The third-order valence-electron chi connectivity index (χ3n) is 11.0. The predicted octanol–water partition coefficient (Wildman–Crippen LogP) is 15.6. The fourth-order valence-electron chi connectivity index (χ4n) is 7.71. The molecule has 0 bridgehead atoms. The SMILES string of the molecule is CCCCCCCCCc1cccc(OS(=O)(=O)Oc2cccc(CCCCCCCCC)c2CCCCCCCCC)c1CCCCCCCCC. The van der Waals surface area contributed by atoms with Crippen LogP contribution in [0.3, 0.4) is 0 Å². The molecule has 0 aromatic heterocycles. The first kappa shape index (κ1) is 47.1. The second kappa shape index (κ2) is 31.2. The average Bonchev–Trinajstić information content (AvgIpc) is 3.14. The number of rotatable bonds is 36. The minimum absolute atomic E-state index is 0.448. The third kappa shape index (κ3) is 22.2. The summed E-state index contributed by atoms with van der Waals surface area (Å²) in [7, 11) is -4.33.